The van der Waals surface area contributed by atoms with Crippen molar-refractivity contribution in [2.75, 3.05) is 26.0 Å². The fraction of sp³-hybridized carbons (Fsp3) is 0.250. The van der Waals surface area contributed by atoms with E-state index in [4.69, 9.17) is 4.74 Å². The molecule has 0 bridgehead atoms. The molecule has 0 aromatic rings. The molecule has 0 aromatic heterocycles. The van der Waals surface area contributed by atoms with Gasteiger partial charge in [0.05, 0.1) is 0 Å². The molecule has 2 aliphatic heterocycles. The normalized spacial score (nSPS) is 15.8. The van der Waals surface area contributed by atoms with Crippen molar-refractivity contribution in [2.24, 2.45) is 10.4 Å². The molecule has 9 heteroatoms. The Kier molecular flexibility index (Phi) is 7.71. The predicted molar refractivity (Wildman–Crippen MR) is 104 cm³/mol. The molecular formula is C16H18N4O3S2. The van der Waals surface area contributed by atoms with Crippen LogP contribution in [0.4, 0.5) is 0 Å². The highest BCUT2D eigenvalue weighted by molar-refractivity contribution is 8.02. The van der Waals surface area contributed by atoms with E-state index in [-0.39, 0.29) is 0 Å². The van der Waals surface area contributed by atoms with Gasteiger partial charge in [0, 0.05) is 35.9 Å². The Labute approximate surface area is 154 Å². The van der Waals surface area contributed by atoms with E-state index < -0.39 is 0 Å². The van der Waals surface area contributed by atoms with E-state index in [1.54, 1.807) is 0 Å². The molecule has 132 valence electrons. The molecule has 0 aromatic carbocycles. The summed E-state index contributed by atoms with van der Waals surface area (Å²) >= 11 is 2.63. The van der Waals surface area contributed by atoms with E-state index in [0.717, 1.165) is 11.1 Å². The molecule has 2 rings (SSSR count). The zero-order valence-corrected chi connectivity index (χ0v) is 15.5. The van der Waals surface area contributed by atoms with Crippen LogP contribution in [0.1, 0.15) is 0 Å². The summed E-state index contributed by atoms with van der Waals surface area (Å²) in [5.41, 5.74) is 1.57. The first kappa shape index (κ1) is 19.2. The van der Waals surface area contributed by atoms with Gasteiger partial charge in [-0.25, -0.2) is 0 Å². The molecule has 0 amide bonds. The van der Waals surface area contributed by atoms with Gasteiger partial charge in [-0.1, -0.05) is 0 Å². The smallest absolute Gasteiger partial charge is 0.148 e. The van der Waals surface area contributed by atoms with Gasteiger partial charge in [-0.05, 0) is 47.2 Å². The van der Waals surface area contributed by atoms with Gasteiger partial charge in [-0.15, -0.1) is 33.3 Å². The third-order valence-electron chi connectivity index (χ3n) is 3.31. The minimum Gasteiger partial charge on any atom is -0.340 e. The van der Waals surface area contributed by atoms with Crippen LogP contribution >= 0.6 is 23.5 Å². The lowest BCUT2D eigenvalue weighted by atomic mass is 10.2. The van der Waals surface area contributed by atoms with Crippen LogP contribution in [0.25, 0.3) is 0 Å². The topological polar surface area (TPSA) is 74.6 Å². The van der Waals surface area contributed by atoms with Crippen molar-refractivity contribution in [2.45, 2.75) is 0 Å². The van der Waals surface area contributed by atoms with Gasteiger partial charge in [0.15, 0.2) is 0 Å². The summed E-state index contributed by atoms with van der Waals surface area (Å²) in [4.78, 5) is 25.1. The number of nitrogens with zero attached hydrogens (tertiary/aromatic N) is 4. The van der Waals surface area contributed by atoms with Crippen LogP contribution < -0.4 is 0 Å². The lowest BCUT2D eigenvalue weighted by Gasteiger charge is -2.23. The molecule has 0 N–H and O–H groups in total. The molecule has 0 atom stereocenters. The zero-order chi connectivity index (χ0) is 18.1. The van der Waals surface area contributed by atoms with Crippen LogP contribution in [0.3, 0.4) is 0 Å². The minimum absolute atomic E-state index is 0.371. The molecule has 2 aliphatic rings. The summed E-state index contributed by atoms with van der Waals surface area (Å²) in [7, 11) is 0. The lowest BCUT2D eigenvalue weighted by molar-refractivity contribution is 0.0300. The summed E-state index contributed by atoms with van der Waals surface area (Å²) in [6.07, 6.45) is 18.3. The van der Waals surface area contributed by atoms with Crippen molar-refractivity contribution in [3.8, 4) is 0 Å². The fourth-order valence-electron chi connectivity index (χ4n) is 2.04. The van der Waals surface area contributed by atoms with E-state index in [0.29, 0.717) is 23.5 Å². The summed E-state index contributed by atoms with van der Waals surface area (Å²) < 4.78 is 5.64. The molecule has 0 unspecified atom stereocenters. The molecule has 0 radical (unpaired) electrons. The van der Waals surface area contributed by atoms with Gasteiger partial charge in [0.2, 0.25) is 0 Å². The number of allylic oxidation sites excluding steroid dienone is 6. The molecule has 0 saturated carbocycles. The number of nitroso groups, excluding NO2 is 2. The summed E-state index contributed by atoms with van der Waals surface area (Å²) in [6.45, 7) is 0.743. The number of rotatable bonds is 8. The van der Waals surface area contributed by atoms with E-state index >= 15 is 0 Å². The Bertz CT molecular complexity index is 605. The SMILES string of the molecule is CSC(N=O)=C1C=CN(COCN2C=CC(=C(N=O)SC)C=C2)C=C1. The van der Waals surface area contributed by atoms with Crippen LogP contribution in [-0.2, 0) is 4.74 Å². The second-order valence-corrected chi connectivity index (χ2v) is 6.46. The summed E-state index contributed by atoms with van der Waals surface area (Å²) in [5.74, 6) is 0. The minimum atomic E-state index is 0.371. The monoisotopic (exact) mass is 378 g/mol. The molecule has 7 nitrogen and oxygen atoms in total. The largest absolute Gasteiger partial charge is 0.340 e. The van der Waals surface area contributed by atoms with E-state index in [1.807, 2.05) is 71.4 Å². The van der Waals surface area contributed by atoms with Crippen LogP contribution in [0, 0.1) is 9.81 Å². The fourth-order valence-corrected chi connectivity index (χ4v) is 2.93. The van der Waals surface area contributed by atoms with Crippen molar-refractivity contribution in [1.29, 1.82) is 0 Å². The van der Waals surface area contributed by atoms with Crippen molar-refractivity contribution < 1.29 is 4.74 Å². The Morgan fingerprint density at radius 1 is 0.840 bits per heavy atom. The first-order valence-corrected chi connectivity index (χ1v) is 9.72. The number of hydrogen-bond acceptors (Lipinski definition) is 9. The lowest BCUT2D eigenvalue weighted by Crippen LogP contribution is -2.22. The van der Waals surface area contributed by atoms with Crippen molar-refractivity contribution in [3.05, 3.63) is 80.1 Å². The van der Waals surface area contributed by atoms with Crippen LogP contribution in [-0.4, -0.2) is 35.8 Å². The van der Waals surface area contributed by atoms with Crippen molar-refractivity contribution >= 4 is 23.5 Å². The average molecular weight is 378 g/mol. The van der Waals surface area contributed by atoms with Gasteiger partial charge in [-0.3, -0.25) is 0 Å². The molecule has 0 spiro atoms. The number of ether oxygens (including phenoxy) is 1. The maximum atomic E-state index is 10.7. The van der Waals surface area contributed by atoms with Crippen LogP contribution in [0.5, 0.6) is 0 Å². The van der Waals surface area contributed by atoms with Gasteiger partial charge in [0.1, 0.15) is 23.5 Å². The zero-order valence-electron chi connectivity index (χ0n) is 13.9. The average Bonchev–Trinajstić information content (AvgIpc) is 2.66. The molecule has 0 fully saturated rings. The molecule has 25 heavy (non-hydrogen) atoms. The first-order valence-electron chi connectivity index (χ1n) is 7.27. The summed E-state index contributed by atoms with van der Waals surface area (Å²) in [5, 5.41) is 6.90. The Hall–Kier alpha value is -2.10. The molecule has 0 aliphatic carbocycles. The van der Waals surface area contributed by atoms with Crippen LogP contribution in [0.2, 0.25) is 0 Å². The Morgan fingerprint density at radius 2 is 1.20 bits per heavy atom. The third-order valence-corrected chi connectivity index (χ3v) is 4.70. The highest BCUT2D eigenvalue weighted by Gasteiger charge is 2.08. The molecule has 0 saturated heterocycles. The Morgan fingerprint density at radius 3 is 1.48 bits per heavy atom. The number of hydrogen-bond donors (Lipinski definition) is 0. The van der Waals surface area contributed by atoms with Gasteiger partial charge in [0.25, 0.3) is 0 Å². The highest BCUT2D eigenvalue weighted by atomic mass is 32.2. The second kappa shape index (κ2) is 10.0. The highest BCUT2D eigenvalue weighted by Crippen LogP contribution is 2.23. The van der Waals surface area contributed by atoms with E-state index in [9.17, 15) is 9.81 Å². The van der Waals surface area contributed by atoms with E-state index in [2.05, 4.69) is 10.4 Å². The molecule has 2 heterocycles. The third kappa shape index (κ3) is 5.45. The quantitative estimate of drug-likeness (QED) is 0.583. The first-order chi connectivity index (χ1) is 12.2. The van der Waals surface area contributed by atoms with Crippen molar-refractivity contribution in [3.63, 3.8) is 0 Å². The van der Waals surface area contributed by atoms with Gasteiger partial charge >= 0.3 is 0 Å². The van der Waals surface area contributed by atoms with Crippen molar-refractivity contribution in [1.82, 2.24) is 9.80 Å². The maximum Gasteiger partial charge on any atom is 0.148 e. The van der Waals surface area contributed by atoms with Crippen LogP contribution in [0.15, 0.2) is 80.7 Å². The second-order valence-electron chi connectivity index (χ2n) is 4.87. The predicted octanol–water partition coefficient (Wildman–Crippen LogP) is 4.29. The summed E-state index contributed by atoms with van der Waals surface area (Å²) in [6, 6.07) is 0. The standard InChI is InChI=1S/C16H18N4O3S2/c1-24-15(17-21)13-3-7-19(8-4-13)11-23-12-20-9-5-14(6-10-20)16(18-22)25-2/h3-10H,11-12H2,1-2H3. The Balaban J connectivity index is 1.80. The number of thioether (sulfide) groups is 2. The van der Waals surface area contributed by atoms with Gasteiger partial charge in [-0.2, -0.15) is 0 Å². The maximum absolute atomic E-state index is 10.7. The molecular weight excluding hydrogens is 360 g/mol. The van der Waals surface area contributed by atoms with E-state index in [1.165, 1.54) is 23.5 Å². The van der Waals surface area contributed by atoms with Gasteiger partial charge < -0.3 is 14.5 Å².